The summed E-state index contributed by atoms with van der Waals surface area (Å²) in [4.78, 5) is 11.1. The second-order valence-electron chi connectivity index (χ2n) is 3.60. The lowest BCUT2D eigenvalue weighted by molar-refractivity contribution is -0.138. The fraction of sp³-hybridized carbons (Fsp3) is 0.364. The van der Waals surface area contributed by atoms with Crippen LogP contribution >= 0.6 is 0 Å². The van der Waals surface area contributed by atoms with Gasteiger partial charge < -0.3 is 0 Å². The van der Waals surface area contributed by atoms with Crippen molar-refractivity contribution in [2.45, 2.75) is 26.4 Å². The van der Waals surface area contributed by atoms with Gasteiger partial charge in [-0.2, -0.15) is 13.2 Å². The van der Waals surface area contributed by atoms with Gasteiger partial charge in [-0.1, -0.05) is 0 Å². The van der Waals surface area contributed by atoms with E-state index in [0.717, 1.165) is 19.9 Å². The van der Waals surface area contributed by atoms with E-state index in [1.54, 1.807) is 0 Å². The summed E-state index contributed by atoms with van der Waals surface area (Å²) in [6, 6.07) is 1.18. The van der Waals surface area contributed by atoms with Gasteiger partial charge in [0.25, 0.3) is 6.43 Å². The average Bonchev–Trinajstić information content (AvgIpc) is 2.15. The molecule has 94 valence electrons. The summed E-state index contributed by atoms with van der Waals surface area (Å²) in [7, 11) is 0. The molecule has 0 aliphatic carbocycles. The van der Waals surface area contributed by atoms with E-state index in [0.29, 0.717) is 6.07 Å². The standard InChI is InChI=1S/C11H9F5O/c1-5-8(6(2)17)3-7(10(12)13)4-9(5)11(14,15)16/h3-4,10H,1-2H3. The normalized spacial score (nSPS) is 12.0. The highest BCUT2D eigenvalue weighted by molar-refractivity contribution is 5.96. The number of carbonyl (C=O) groups is 1. The monoisotopic (exact) mass is 252 g/mol. The van der Waals surface area contributed by atoms with Crippen molar-refractivity contribution in [2.75, 3.05) is 0 Å². The molecule has 0 aliphatic heterocycles. The smallest absolute Gasteiger partial charge is 0.295 e. The van der Waals surface area contributed by atoms with Crippen LogP contribution in [0, 0.1) is 6.92 Å². The van der Waals surface area contributed by atoms with E-state index in [9.17, 15) is 26.7 Å². The second-order valence-corrected chi connectivity index (χ2v) is 3.60. The van der Waals surface area contributed by atoms with Crippen molar-refractivity contribution in [3.63, 3.8) is 0 Å². The van der Waals surface area contributed by atoms with E-state index in [4.69, 9.17) is 0 Å². The van der Waals surface area contributed by atoms with E-state index < -0.39 is 29.5 Å². The fourth-order valence-corrected chi connectivity index (χ4v) is 1.52. The number of carbonyl (C=O) groups excluding carboxylic acids is 1. The Kier molecular flexibility index (Phi) is 3.54. The van der Waals surface area contributed by atoms with Crippen molar-refractivity contribution in [2.24, 2.45) is 0 Å². The van der Waals surface area contributed by atoms with Gasteiger partial charge in [-0.05, 0) is 31.5 Å². The predicted molar refractivity (Wildman–Crippen MR) is 51.1 cm³/mol. The molecule has 0 aromatic heterocycles. The molecule has 6 heteroatoms. The first-order chi connectivity index (χ1) is 7.64. The minimum atomic E-state index is -4.75. The zero-order valence-electron chi connectivity index (χ0n) is 9.03. The summed E-state index contributed by atoms with van der Waals surface area (Å²) in [6.45, 7) is 2.13. The molecule has 1 aromatic carbocycles. The molecule has 0 bridgehead atoms. The molecular formula is C11H9F5O. The number of hydrogen-bond acceptors (Lipinski definition) is 1. The van der Waals surface area contributed by atoms with Crippen LogP contribution in [0.4, 0.5) is 22.0 Å². The van der Waals surface area contributed by atoms with Crippen LogP contribution in [0.1, 0.15) is 40.4 Å². The average molecular weight is 252 g/mol. The van der Waals surface area contributed by atoms with Gasteiger partial charge in [-0.3, -0.25) is 4.79 Å². The number of benzene rings is 1. The third kappa shape index (κ3) is 2.81. The van der Waals surface area contributed by atoms with Crippen molar-refractivity contribution in [1.29, 1.82) is 0 Å². The highest BCUT2D eigenvalue weighted by Crippen LogP contribution is 2.36. The molecule has 1 rings (SSSR count). The van der Waals surface area contributed by atoms with Gasteiger partial charge in [0.05, 0.1) is 5.56 Å². The summed E-state index contributed by atoms with van der Waals surface area (Å²) < 4.78 is 62.6. The first-order valence-electron chi connectivity index (χ1n) is 4.65. The first kappa shape index (κ1) is 13.6. The Morgan fingerprint density at radius 3 is 2.12 bits per heavy atom. The molecule has 0 fully saturated rings. The third-order valence-corrected chi connectivity index (χ3v) is 2.37. The molecular weight excluding hydrogens is 243 g/mol. The lowest BCUT2D eigenvalue weighted by Crippen LogP contribution is -2.12. The molecule has 0 spiro atoms. The number of rotatable bonds is 2. The molecule has 0 N–H and O–H groups in total. The maximum atomic E-state index is 12.6. The maximum absolute atomic E-state index is 12.6. The molecule has 0 heterocycles. The molecule has 0 radical (unpaired) electrons. The van der Waals surface area contributed by atoms with Crippen molar-refractivity contribution < 1.29 is 26.7 Å². The molecule has 0 saturated carbocycles. The summed E-state index contributed by atoms with van der Waals surface area (Å²) in [6.07, 6.45) is -7.80. The van der Waals surface area contributed by atoms with E-state index in [2.05, 4.69) is 0 Å². The summed E-state index contributed by atoms with van der Waals surface area (Å²) >= 11 is 0. The quantitative estimate of drug-likeness (QED) is 0.570. The Morgan fingerprint density at radius 1 is 1.24 bits per heavy atom. The van der Waals surface area contributed by atoms with Gasteiger partial charge in [-0.25, -0.2) is 8.78 Å². The molecule has 0 atom stereocenters. The van der Waals surface area contributed by atoms with Crippen LogP contribution in [-0.2, 0) is 6.18 Å². The van der Waals surface area contributed by atoms with Crippen molar-refractivity contribution >= 4 is 5.78 Å². The molecule has 0 saturated heterocycles. The van der Waals surface area contributed by atoms with Gasteiger partial charge in [0.1, 0.15) is 0 Å². The summed E-state index contributed by atoms with van der Waals surface area (Å²) in [5, 5.41) is 0. The van der Waals surface area contributed by atoms with Gasteiger partial charge >= 0.3 is 6.18 Å². The highest BCUT2D eigenvalue weighted by Gasteiger charge is 2.34. The fourth-order valence-electron chi connectivity index (χ4n) is 1.52. The third-order valence-electron chi connectivity index (χ3n) is 2.37. The van der Waals surface area contributed by atoms with Crippen LogP contribution in [0.2, 0.25) is 0 Å². The van der Waals surface area contributed by atoms with E-state index in [-0.39, 0.29) is 11.1 Å². The van der Waals surface area contributed by atoms with Crippen LogP contribution in [0.15, 0.2) is 12.1 Å². The van der Waals surface area contributed by atoms with Crippen LogP contribution in [-0.4, -0.2) is 5.78 Å². The Bertz CT molecular complexity index is 448. The molecule has 1 aromatic rings. The maximum Gasteiger partial charge on any atom is 0.416 e. The van der Waals surface area contributed by atoms with Crippen LogP contribution < -0.4 is 0 Å². The van der Waals surface area contributed by atoms with Gasteiger partial charge in [0, 0.05) is 11.1 Å². The first-order valence-corrected chi connectivity index (χ1v) is 4.65. The highest BCUT2D eigenvalue weighted by atomic mass is 19.4. The summed E-state index contributed by atoms with van der Waals surface area (Å²) in [5.74, 6) is -0.671. The van der Waals surface area contributed by atoms with E-state index in [1.165, 1.54) is 0 Å². The zero-order valence-corrected chi connectivity index (χ0v) is 9.03. The number of Topliss-reactive ketones (excluding diaryl/α,β-unsaturated/α-hetero) is 1. The number of halogens is 5. The van der Waals surface area contributed by atoms with Gasteiger partial charge in [0.15, 0.2) is 5.78 Å². The predicted octanol–water partition coefficient (Wildman–Crippen LogP) is 4.15. The second kappa shape index (κ2) is 4.43. The van der Waals surface area contributed by atoms with Crippen molar-refractivity contribution in [3.8, 4) is 0 Å². The molecule has 17 heavy (non-hydrogen) atoms. The largest absolute Gasteiger partial charge is 0.416 e. The number of hydrogen-bond donors (Lipinski definition) is 0. The van der Waals surface area contributed by atoms with Crippen molar-refractivity contribution in [1.82, 2.24) is 0 Å². The zero-order chi connectivity index (χ0) is 13.4. The van der Waals surface area contributed by atoms with Crippen LogP contribution in [0.3, 0.4) is 0 Å². The number of alkyl halides is 5. The van der Waals surface area contributed by atoms with Crippen molar-refractivity contribution in [3.05, 3.63) is 34.4 Å². The topological polar surface area (TPSA) is 17.1 Å². The molecule has 0 unspecified atom stereocenters. The molecule has 0 aliphatic rings. The minimum Gasteiger partial charge on any atom is -0.295 e. The Hall–Kier alpha value is -1.46. The van der Waals surface area contributed by atoms with Gasteiger partial charge in [0.2, 0.25) is 0 Å². The Morgan fingerprint density at radius 2 is 1.76 bits per heavy atom. The van der Waals surface area contributed by atoms with E-state index in [1.807, 2.05) is 0 Å². The summed E-state index contributed by atoms with van der Waals surface area (Å²) in [5.41, 5.74) is -2.64. The SMILES string of the molecule is CC(=O)c1cc(C(F)F)cc(C(F)(F)F)c1C. The Balaban J connectivity index is 3.55. The Labute approximate surface area is 94.2 Å². The molecule has 0 amide bonds. The minimum absolute atomic E-state index is 0.324. The lowest BCUT2D eigenvalue weighted by atomic mass is 9.96. The number of ketones is 1. The van der Waals surface area contributed by atoms with E-state index >= 15 is 0 Å². The van der Waals surface area contributed by atoms with Crippen LogP contribution in [0.5, 0.6) is 0 Å². The lowest BCUT2D eigenvalue weighted by Gasteiger charge is -2.15. The van der Waals surface area contributed by atoms with Crippen LogP contribution in [0.25, 0.3) is 0 Å². The van der Waals surface area contributed by atoms with Gasteiger partial charge in [-0.15, -0.1) is 0 Å². The molecule has 1 nitrogen and oxygen atoms in total.